The third-order valence-corrected chi connectivity index (χ3v) is 4.63. The molecule has 0 spiro atoms. The molecule has 8 heteroatoms. The van der Waals surface area contributed by atoms with E-state index >= 15 is 0 Å². The number of anilines is 2. The third kappa shape index (κ3) is 2.71. The molecule has 1 aromatic heterocycles. The fraction of sp³-hybridized carbons (Fsp3) is 0.308. The van der Waals surface area contributed by atoms with E-state index < -0.39 is 20.7 Å². The van der Waals surface area contributed by atoms with Gasteiger partial charge in [-0.1, -0.05) is 0 Å². The van der Waals surface area contributed by atoms with E-state index in [0.29, 0.717) is 17.1 Å². The molecule has 0 aliphatic rings. The van der Waals surface area contributed by atoms with Gasteiger partial charge in [-0.05, 0) is 38.5 Å². The number of nitrogens with zero attached hydrogens (tertiary/aromatic N) is 2. The first-order valence-corrected chi connectivity index (χ1v) is 7.70. The molecule has 0 aliphatic heterocycles. The smallest absolute Gasteiger partial charge is 0.265 e. The van der Waals surface area contributed by atoms with E-state index in [4.69, 9.17) is 5.73 Å². The van der Waals surface area contributed by atoms with Crippen molar-refractivity contribution in [3.63, 3.8) is 0 Å². The Bertz CT molecular complexity index is 812. The first kappa shape index (κ1) is 15.3. The van der Waals surface area contributed by atoms with Crippen LogP contribution in [0.25, 0.3) is 0 Å². The van der Waals surface area contributed by atoms with Crippen molar-refractivity contribution >= 4 is 21.4 Å². The van der Waals surface area contributed by atoms with Crippen molar-refractivity contribution in [2.45, 2.75) is 25.7 Å². The molecule has 0 atom stereocenters. The van der Waals surface area contributed by atoms with Crippen molar-refractivity contribution in [2.75, 3.05) is 10.5 Å². The van der Waals surface area contributed by atoms with E-state index in [2.05, 4.69) is 9.82 Å². The van der Waals surface area contributed by atoms with Crippen LogP contribution in [-0.4, -0.2) is 18.2 Å². The van der Waals surface area contributed by atoms with Crippen molar-refractivity contribution < 1.29 is 12.8 Å². The number of rotatable bonds is 3. The molecule has 0 saturated carbocycles. The van der Waals surface area contributed by atoms with Gasteiger partial charge >= 0.3 is 0 Å². The fourth-order valence-electron chi connectivity index (χ4n) is 2.07. The van der Waals surface area contributed by atoms with E-state index in [1.54, 1.807) is 25.6 Å². The topological polar surface area (TPSA) is 90.0 Å². The highest BCUT2D eigenvalue weighted by molar-refractivity contribution is 7.92. The number of nitrogens with one attached hydrogen (secondary N) is 1. The highest BCUT2D eigenvalue weighted by Crippen LogP contribution is 2.26. The second-order valence-corrected chi connectivity index (χ2v) is 6.58. The van der Waals surface area contributed by atoms with Gasteiger partial charge in [0.05, 0.1) is 17.1 Å². The summed E-state index contributed by atoms with van der Waals surface area (Å²) in [6, 6.07) is 2.49. The molecule has 1 heterocycles. The number of aromatic nitrogens is 2. The molecular formula is C13H17FN4O2S. The van der Waals surface area contributed by atoms with Gasteiger partial charge in [-0.2, -0.15) is 5.10 Å². The zero-order valence-electron chi connectivity index (χ0n) is 12.2. The number of nitrogen functional groups attached to an aromatic ring is 1. The SMILES string of the molecule is Cc1cc(N)cc(S(=O)(=O)Nc2c(C)nn(C)c2C)c1F. The van der Waals surface area contributed by atoms with Gasteiger partial charge in [0, 0.05) is 12.7 Å². The molecule has 0 unspecified atom stereocenters. The van der Waals surface area contributed by atoms with Crippen molar-refractivity contribution in [3.05, 3.63) is 34.9 Å². The van der Waals surface area contributed by atoms with Crippen LogP contribution >= 0.6 is 0 Å². The number of halogens is 1. The van der Waals surface area contributed by atoms with E-state index in [-0.39, 0.29) is 11.3 Å². The van der Waals surface area contributed by atoms with Crippen LogP contribution in [0.1, 0.15) is 17.0 Å². The summed E-state index contributed by atoms with van der Waals surface area (Å²) in [5.74, 6) is -0.809. The average Bonchev–Trinajstić information content (AvgIpc) is 2.60. The number of benzene rings is 1. The molecule has 0 fully saturated rings. The van der Waals surface area contributed by atoms with Gasteiger partial charge in [0.25, 0.3) is 10.0 Å². The number of hydrogen-bond donors (Lipinski definition) is 2. The quantitative estimate of drug-likeness (QED) is 0.847. The van der Waals surface area contributed by atoms with Crippen LogP contribution in [0.4, 0.5) is 15.8 Å². The summed E-state index contributed by atoms with van der Waals surface area (Å²) < 4.78 is 42.8. The lowest BCUT2D eigenvalue weighted by Gasteiger charge is -2.11. The zero-order chi connectivity index (χ0) is 15.9. The second-order valence-electron chi connectivity index (χ2n) is 4.92. The summed E-state index contributed by atoms with van der Waals surface area (Å²) in [7, 11) is -2.38. The highest BCUT2D eigenvalue weighted by Gasteiger charge is 2.24. The minimum absolute atomic E-state index is 0.176. The van der Waals surface area contributed by atoms with E-state index in [9.17, 15) is 12.8 Å². The maximum Gasteiger partial charge on any atom is 0.265 e. The Morgan fingerprint density at radius 2 is 1.90 bits per heavy atom. The second kappa shape index (κ2) is 5.03. The molecule has 2 rings (SSSR count). The predicted molar refractivity (Wildman–Crippen MR) is 79.0 cm³/mol. The molecular weight excluding hydrogens is 295 g/mol. The van der Waals surface area contributed by atoms with Gasteiger partial charge in [-0.3, -0.25) is 9.40 Å². The molecule has 0 saturated heterocycles. The van der Waals surface area contributed by atoms with Gasteiger partial charge in [0.2, 0.25) is 0 Å². The Kier molecular flexibility index (Phi) is 3.66. The molecule has 0 bridgehead atoms. The molecule has 21 heavy (non-hydrogen) atoms. The molecule has 0 radical (unpaired) electrons. The Morgan fingerprint density at radius 3 is 2.43 bits per heavy atom. The summed E-state index contributed by atoms with van der Waals surface area (Å²) in [6.45, 7) is 4.86. The summed E-state index contributed by atoms with van der Waals surface area (Å²) in [6.07, 6.45) is 0. The monoisotopic (exact) mass is 312 g/mol. The van der Waals surface area contributed by atoms with Crippen LogP contribution in [0, 0.1) is 26.6 Å². The van der Waals surface area contributed by atoms with Crippen LogP contribution in [0.15, 0.2) is 17.0 Å². The number of hydrogen-bond acceptors (Lipinski definition) is 4. The molecule has 1 aromatic carbocycles. The summed E-state index contributed by atoms with van der Waals surface area (Å²) in [5, 5.41) is 4.12. The molecule has 0 amide bonds. The van der Waals surface area contributed by atoms with Crippen LogP contribution in [-0.2, 0) is 17.1 Å². The average molecular weight is 312 g/mol. The normalized spacial score (nSPS) is 11.7. The Hall–Kier alpha value is -2.09. The Labute approximate surface area is 122 Å². The molecule has 0 aliphatic carbocycles. The maximum absolute atomic E-state index is 14.1. The van der Waals surface area contributed by atoms with Gasteiger partial charge in [-0.15, -0.1) is 0 Å². The first-order valence-electron chi connectivity index (χ1n) is 6.22. The third-order valence-electron chi connectivity index (χ3n) is 3.28. The summed E-state index contributed by atoms with van der Waals surface area (Å²) in [4.78, 5) is -0.470. The minimum Gasteiger partial charge on any atom is -0.399 e. The number of sulfonamides is 1. The highest BCUT2D eigenvalue weighted by atomic mass is 32.2. The lowest BCUT2D eigenvalue weighted by atomic mass is 10.2. The Morgan fingerprint density at radius 1 is 1.29 bits per heavy atom. The fourth-order valence-corrected chi connectivity index (χ4v) is 3.43. The minimum atomic E-state index is -4.08. The van der Waals surface area contributed by atoms with E-state index in [1.165, 1.54) is 13.0 Å². The predicted octanol–water partition coefficient (Wildman–Crippen LogP) is 1.87. The van der Waals surface area contributed by atoms with Crippen molar-refractivity contribution in [1.82, 2.24) is 9.78 Å². The van der Waals surface area contributed by atoms with E-state index in [1.807, 2.05) is 0 Å². The molecule has 114 valence electrons. The summed E-state index contributed by atoms with van der Waals surface area (Å²) in [5.41, 5.74) is 7.47. The van der Waals surface area contributed by atoms with Crippen molar-refractivity contribution in [3.8, 4) is 0 Å². The Balaban J connectivity index is 2.54. The molecule has 3 N–H and O–H groups in total. The first-order chi connectivity index (χ1) is 9.63. The van der Waals surface area contributed by atoms with Crippen LogP contribution < -0.4 is 10.5 Å². The van der Waals surface area contributed by atoms with Gasteiger partial charge in [-0.25, -0.2) is 12.8 Å². The standard InChI is InChI=1S/C13H17FN4O2S/c1-7-5-10(15)6-11(12(7)14)21(19,20)17-13-8(2)16-18(4)9(13)3/h5-6,17H,15H2,1-4H3. The maximum atomic E-state index is 14.1. The van der Waals surface area contributed by atoms with Crippen LogP contribution in [0.3, 0.4) is 0 Å². The summed E-state index contributed by atoms with van der Waals surface area (Å²) >= 11 is 0. The lowest BCUT2D eigenvalue weighted by molar-refractivity contribution is 0.565. The molecule has 2 aromatic rings. The number of aryl methyl sites for hydroxylation is 3. The van der Waals surface area contributed by atoms with Crippen LogP contribution in [0.5, 0.6) is 0 Å². The van der Waals surface area contributed by atoms with Gasteiger partial charge < -0.3 is 5.73 Å². The lowest BCUT2D eigenvalue weighted by Crippen LogP contribution is -2.16. The van der Waals surface area contributed by atoms with Gasteiger partial charge in [0.1, 0.15) is 10.7 Å². The zero-order valence-corrected chi connectivity index (χ0v) is 13.0. The van der Waals surface area contributed by atoms with Crippen LogP contribution in [0.2, 0.25) is 0 Å². The van der Waals surface area contributed by atoms with Crippen molar-refractivity contribution in [2.24, 2.45) is 7.05 Å². The van der Waals surface area contributed by atoms with Gasteiger partial charge in [0.15, 0.2) is 0 Å². The van der Waals surface area contributed by atoms with Crippen molar-refractivity contribution in [1.29, 1.82) is 0 Å². The van der Waals surface area contributed by atoms with E-state index in [0.717, 1.165) is 6.07 Å². The molecule has 6 nitrogen and oxygen atoms in total. The number of nitrogens with two attached hydrogens (primary N) is 1. The largest absolute Gasteiger partial charge is 0.399 e.